The topological polar surface area (TPSA) is 38.1 Å². The van der Waals surface area contributed by atoms with Crippen molar-refractivity contribution in [1.82, 2.24) is 10.2 Å². The monoisotopic (exact) mass is 429 g/mol. The van der Waals surface area contributed by atoms with Gasteiger partial charge in [-0.1, -0.05) is 41.9 Å². The van der Waals surface area contributed by atoms with Gasteiger partial charge in [0.25, 0.3) is 0 Å². The Morgan fingerprint density at radius 1 is 0.963 bits per heavy atom. The fraction of sp³-hybridized carbons (Fsp3) is 0.286. The molecule has 0 unspecified atom stereocenters. The summed E-state index contributed by atoms with van der Waals surface area (Å²) in [6, 6.07) is 10.3. The van der Waals surface area contributed by atoms with Gasteiger partial charge in [0.05, 0.1) is 11.3 Å². The number of benzene rings is 2. The lowest BCUT2D eigenvalue weighted by Gasteiger charge is -2.44. The first-order chi connectivity index (χ1) is 12.6. The fourth-order valence-electron chi connectivity index (χ4n) is 3.51. The van der Waals surface area contributed by atoms with Gasteiger partial charge in [-0.25, -0.2) is 8.78 Å². The summed E-state index contributed by atoms with van der Waals surface area (Å²) in [6.07, 6.45) is 0. The molecule has 0 fully saturated rings. The highest BCUT2D eigenvalue weighted by atomic mass is 79.9. The summed E-state index contributed by atoms with van der Waals surface area (Å²) < 4.78 is 28.4. The van der Waals surface area contributed by atoms with E-state index < -0.39 is 17.2 Å². The van der Waals surface area contributed by atoms with Crippen LogP contribution in [0.5, 0.6) is 0 Å². The Kier molecular flexibility index (Phi) is 3.97. The molecule has 0 N–H and O–H groups in total. The number of fused-ring (bicyclic) bond motifs is 2. The SMILES string of the molecule is CC1(C)N=C(c2cc3ccc(F)c(F)c3nn2)c2cccc(Br)c2C1(C)C. The molecule has 0 amide bonds. The van der Waals surface area contributed by atoms with E-state index in [4.69, 9.17) is 4.99 Å². The Balaban J connectivity index is 1.99. The first-order valence-corrected chi connectivity index (χ1v) is 9.44. The lowest BCUT2D eigenvalue weighted by atomic mass is 9.66. The van der Waals surface area contributed by atoms with E-state index in [1.54, 1.807) is 6.07 Å². The Bertz CT molecular complexity index is 1120. The molecule has 0 saturated carbocycles. The summed E-state index contributed by atoms with van der Waals surface area (Å²) >= 11 is 3.68. The molecule has 4 rings (SSSR count). The van der Waals surface area contributed by atoms with E-state index >= 15 is 0 Å². The van der Waals surface area contributed by atoms with Gasteiger partial charge in [0.1, 0.15) is 11.2 Å². The Morgan fingerprint density at radius 3 is 2.44 bits per heavy atom. The van der Waals surface area contributed by atoms with Crippen LogP contribution in [0.25, 0.3) is 10.9 Å². The molecule has 0 saturated heterocycles. The third kappa shape index (κ3) is 2.61. The number of hydrogen-bond acceptors (Lipinski definition) is 3. The Labute approximate surface area is 164 Å². The van der Waals surface area contributed by atoms with Crippen LogP contribution in [0.4, 0.5) is 8.78 Å². The molecule has 138 valence electrons. The normalized spacial score (nSPS) is 17.5. The molecule has 0 spiro atoms. The molecular weight excluding hydrogens is 412 g/mol. The van der Waals surface area contributed by atoms with Gasteiger partial charge in [0, 0.05) is 20.8 Å². The zero-order chi connectivity index (χ0) is 19.6. The first kappa shape index (κ1) is 18.2. The Morgan fingerprint density at radius 2 is 1.70 bits per heavy atom. The highest BCUT2D eigenvalue weighted by Gasteiger charge is 2.45. The van der Waals surface area contributed by atoms with Crippen LogP contribution >= 0.6 is 15.9 Å². The minimum absolute atomic E-state index is 0.0794. The summed E-state index contributed by atoms with van der Waals surface area (Å²) in [5.41, 5.74) is 2.66. The molecule has 0 atom stereocenters. The van der Waals surface area contributed by atoms with Crippen molar-refractivity contribution in [2.24, 2.45) is 4.99 Å². The lowest BCUT2D eigenvalue weighted by molar-refractivity contribution is 0.302. The molecule has 0 aliphatic carbocycles. The van der Waals surface area contributed by atoms with E-state index in [-0.39, 0.29) is 10.9 Å². The van der Waals surface area contributed by atoms with Crippen molar-refractivity contribution in [2.45, 2.75) is 38.6 Å². The molecule has 0 bridgehead atoms. The largest absolute Gasteiger partial charge is 0.275 e. The number of hydrogen-bond donors (Lipinski definition) is 0. The van der Waals surface area contributed by atoms with Crippen LogP contribution in [0.2, 0.25) is 0 Å². The van der Waals surface area contributed by atoms with Crippen molar-refractivity contribution in [3.05, 3.63) is 69.3 Å². The van der Waals surface area contributed by atoms with Gasteiger partial charge in [-0.15, -0.1) is 10.2 Å². The highest BCUT2D eigenvalue weighted by Crippen LogP contribution is 2.46. The van der Waals surface area contributed by atoms with Gasteiger partial charge in [-0.2, -0.15) is 0 Å². The van der Waals surface area contributed by atoms with Crippen molar-refractivity contribution in [2.75, 3.05) is 0 Å². The van der Waals surface area contributed by atoms with Crippen LogP contribution in [0.1, 0.15) is 44.5 Å². The molecule has 0 radical (unpaired) electrons. The standard InChI is InChI=1S/C21H18BrF2N3/c1-20(2)16-12(6-5-7-13(16)22)19(25-21(20,3)4)15-10-11-8-9-14(23)17(24)18(11)27-26-15/h5-10H,1-4H3. The molecular formula is C21H18BrF2N3. The minimum Gasteiger partial charge on any atom is -0.275 e. The van der Waals surface area contributed by atoms with E-state index in [0.29, 0.717) is 16.8 Å². The third-order valence-electron chi connectivity index (χ3n) is 5.71. The number of aromatic nitrogens is 2. The van der Waals surface area contributed by atoms with E-state index in [2.05, 4.69) is 53.8 Å². The number of aliphatic imine (C=N–C) groups is 1. The second-order valence-corrected chi connectivity index (χ2v) is 8.69. The van der Waals surface area contributed by atoms with Crippen molar-refractivity contribution in [3.8, 4) is 0 Å². The molecule has 2 heterocycles. The van der Waals surface area contributed by atoms with E-state index in [9.17, 15) is 8.78 Å². The number of halogens is 3. The van der Waals surface area contributed by atoms with Gasteiger partial charge in [-0.05, 0) is 43.7 Å². The molecule has 3 aromatic rings. The second kappa shape index (κ2) is 5.89. The van der Waals surface area contributed by atoms with Gasteiger partial charge >= 0.3 is 0 Å². The summed E-state index contributed by atoms with van der Waals surface area (Å²) in [6.45, 7) is 8.50. The van der Waals surface area contributed by atoms with Crippen LogP contribution in [-0.4, -0.2) is 21.4 Å². The smallest absolute Gasteiger partial charge is 0.186 e. The molecule has 3 nitrogen and oxygen atoms in total. The van der Waals surface area contributed by atoms with Crippen LogP contribution < -0.4 is 0 Å². The van der Waals surface area contributed by atoms with Crippen LogP contribution in [0.15, 0.2) is 45.9 Å². The summed E-state index contributed by atoms with van der Waals surface area (Å²) in [5.74, 6) is -1.92. The average molecular weight is 430 g/mol. The van der Waals surface area contributed by atoms with E-state index in [1.165, 1.54) is 6.07 Å². The van der Waals surface area contributed by atoms with E-state index in [0.717, 1.165) is 21.7 Å². The van der Waals surface area contributed by atoms with Crippen molar-refractivity contribution < 1.29 is 8.78 Å². The maximum Gasteiger partial charge on any atom is 0.186 e. The summed E-state index contributed by atoms with van der Waals surface area (Å²) in [7, 11) is 0. The maximum absolute atomic E-state index is 14.0. The third-order valence-corrected chi connectivity index (χ3v) is 6.37. The minimum atomic E-state index is -0.984. The molecule has 27 heavy (non-hydrogen) atoms. The van der Waals surface area contributed by atoms with Crippen molar-refractivity contribution >= 4 is 32.5 Å². The van der Waals surface area contributed by atoms with Crippen molar-refractivity contribution in [1.29, 1.82) is 0 Å². The first-order valence-electron chi connectivity index (χ1n) is 8.64. The molecule has 1 aliphatic heterocycles. The zero-order valence-corrected chi connectivity index (χ0v) is 17.0. The average Bonchev–Trinajstić information content (AvgIpc) is 2.61. The van der Waals surface area contributed by atoms with Crippen molar-refractivity contribution in [3.63, 3.8) is 0 Å². The zero-order valence-electron chi connectivity index (χ0n) is 15.4. The van der Waals surface area contributed by atoms with Gasteiger partial charge in [0.2, 0.25) is 0 Å². The number of rotatable bonds is 1. The highest BCUT2D eigenvalue weighted by molar-refractivity contribution is 9.10. The van der Waals surface area contributed by atoms with Crippen LogP contribution in [-0.2, 0) is 5.41 Å². The molecule has 1 aromatic heterocycles. The van der Waals surface area contributed by atoms with E-state index in [1.807, 2.05) is 18.2 Å². The Hall–Kier alpha value is -2.21. The predicted octanol–water partition coefficient (Wildman–Crippen LogP) is 5.58. The molecule has 6 heteroatoms. The number of nitrogens with zero attached hydrogens (tertiary/aromatic N) is 3. The quantitative estimate of drug-likeness (QED) is 0.506. The summed E-state index contributed by atoms with van der Waals surface area (Å²) in [4.78, 5) is 4.99. The maximum atomic E-state index is 14.0. The van der Waals surface area contributed by atoms with Crippen LogP contribution in [0, 0.1) is 11.6 Å². The molecule has 2 aromatic carbocycles. The molecule has 1 aliphatic rings. The van der Waals surface area contributed by atoms with Gasteiger partial charge in [0.15, 0.2) is 11.6 Å². The predicted molar refractivity (Wildman–Crippen MR) is 106 cm³/mol. The van der Waals surface area contributed by atoms with Crippen LogP contribution in [0.3, 0.4) is 0 Å². The summed E-state index contributed by atoms with van der Waals surface area (Å²) in [5, 5.41) is 8.60. The van der Waals surface area contributed by atoms with Gasteiger partial charge in [-0.3, -0.25) is 4.99 Å². The fourth-order valence-corrected chi connectivity index (χ4v) is 4.37. The lowest BCUT2D eigenvalue weighted by Crippen LogP contribution is -2.46. The van der Waals surface area contributed by atoms with Gasteiger partial charge < -0.3 is 0 Å². The second-order valence-electron chi connectivity index (χ2n) is 7.84.